The summed E-state index contributed by atoms with van der Waals surface area (Å²) in [6, 6.07) is 0. The molecule has 2 bridgehead atoms. The Hall–Kier alpha value is -0.790. The molecule has 0 amide bonds. The van der Waals surface area contributed by atoms with Crippen molar-refractivity contribution in [1.29, 1.82) is 0 Å². The lowest BCUT2D eigenvalue weighted by Gasteiger charge is -2.31. The molecule has 0 aromatic rings. The topological polar surface area (TPSA) is 43.1 Å². The van der Waals surface area contributed by atoms with Gasteiger partial charge in [0.1, 0.15) is 0 Å². The van der Waals surface area contributed by atoms with Crippen molar-refractivity contribution in [3.63, 3.8) is 0 Å². The van der Waals surface area contributed by atoms with E-state index in [-0.39, 0.29) is 16.6 Å². The molecule has 0 aromatic heterocycles. The number of carbonyl (C=O) groups is 1. The molecule has 2 atom stereocenters. The molecular weight excluding hydrogens is 162 g/mol. The summed E-state index contributed by atoms with van der Waals surface area (Å²) in [6.45, 7) is 6.48. The van der Waals surface area contributed by atoms with Crippen LogP contribution >= 0.6 is 0 Å². The Balaban J connectivity index is 2.57. The van der Waals surface area contributed by atoms with Crippen LogP contribution in [0.4, 0.5) is 0 Å². The molecule has 2 N–H and O–H groups in total. The Morgan fingerprint density at radius 2 is 2.08 bits per heavy atom. The van der Waals surface area contributed by atoms with E-state index < -0.39 is 0 Å². The third-order valence-electron chi connectivity index (χ3n) is 4.54. The number of Topliss-reactive ketones (excluding diaryl/α,β-unsaturated/α-hetero) is 1. The summed E-state index contributed by atoms with van der Waals surface area (Å²) < 4.78 is 0. The van der Waals surface area contributed by atoms with Gasteiger partial charge >= 0.3 is 0 Å². The van der Waals surface area contributed by atoms with E-state index in [1.54, 1.807) is 0 Å². The summed E-state index contributed by atoms with van der Waals surface area (Å²) in [5, 5.41) is 0. The number of carbonyl (C=O) groups excluding carboxylic acids is 1. The van der Waals surface area contributed by atoms with Crippen LogP contribution < -0.4 is 5.73 Å². The fourth-order valence-corrected chi connectivity index (χ4v) is 3.12. The maximum Gasteiger partial charge on any atom is 0.167 e. The van der Waals surface area contributed by atoms with Gasteiger partial charge in [-0.05, 0) is 24.2 Å². The summed E-state index contributed by atoms with van der Waals surface area (Å²) in [6.07, 6.45) is 3.68. The highest BCUT2D eigenvalue weighted by Gasteiger charge is 2.63. The van der Waals surface area contributed by atoms with Crippen LogP contribution in [-0.4, -0.2) is 5.78 Å². The number of allylic oxidation sites excluding steroid dienone is 1. The normalized spacial score (nSPS) is 44.7. The van der Waals surface area contributed by atoms with Gasteiger partial charge in [0.25, 0.3) is 0 Å². The van der Waals surface area contributed by atoms with Crippen LogP contribution in [0.15, 0.2) is 11.8 Å². The van der Waals surface area contributed by atoms with Crippen LogP contribution in [0.1, 0.15) is 33.6 Å². The van der Waals surface area contributed by atoms with Gasteiger partial charge in [-0.25, -0.2) is 0 Å². The molecule has 13 heavy (non-hydrogen) atoms. The van der Waals surface area contributed by atoms with Gasteiger partial charge in [0.15, 0.2) is 5.78 Å². The van der Waals surface area contributed by atoms with Crippen LogP contribution in [-0.2, 0) is 4.79 Å². The highest BCUT2D eigenvalue weighted by molar-refractivity contribution is 6.04. The third-order valence-corrected chi connectivity index (χ3v) is 4.54. The van der Waals surface area contributed by atoms with Crippen LogP contribution in [0, 0.1) is 16.7 Å². The second kappa shape index (κ2) is 2.17. The molecule has 0 heterocycles. The van der Waals surface area contributed by atoms with E-state index >= 15 is 0 Å². The molecule has 2 aliphatic rings. The number of fused-ring (bicyclic) bond motifs is 2. The van der Waals surface area contributed by atoms with Crippen molar-refractivity contribution in [3.8, 4) is 0 Å². The Kier molecular flexibility index (Phi) is 1.47. The molecule has 0 radical (unpaired) electrons. The summed E-state index contributed by atoms with van der Waals surface area (Å²) >= 11 is 0. The smallest absolute Gasteiger partial charge is 0.167 e. The van der Waals surface area contributed by atoms with Crippen molar-refractivity contribution in [3.05, 3.63) is 11.8 Å². The zero-order valence-electron chi connectivity index (χ0n) is 8.55. The molecule has 0 unspecified atom stereocenters. The Labute approximate surface area is 79.2 Å². The Morgan fingerprint density at radius 1 is 1.46 bits per heavy atom. The number of ketones is 1. The monoisotopic (exact) mass is 179 g/mol. The van der Waals surface area contributed by atoms with Crippen molar-refractivity contribution in [2.75, 3.05) is 0 Å². The first-order valence-electron chi connectivity index (χ1n) is 4.92. The lowest BCUT2D eigenvalue weighted by Crippen LogP contribution is -2.32. The van der Waals surface area contributed by atoms with E-state index in [2.05, 4.69) is 20.8 Å². The molecule has 2 fully saturated rings. The Bertz CT molecular complexity index is 303. The van der Waals surface area contributed by atoms with Crippen LogP contribution in [0.2, 0.25) is 0 Å². The maximum absolute atomic E-state index is 12.0. The van der Waals surface area contributed by atoms with E-state index in [0.717, 1.165) is 18.4 Å². The molecule has 0 spiro atoms. The molecule has 2 rings (SSSR count). The highest BCUT2D eigenvalue weighted by atomic mass is 16.1. The van der Waals surface area contributed by atoms with Crippen LogP contribution in [0.3, 0.4) is 0 Å². The van der Waals surface area contributed by atoms with Gasteiger partial charge < -0.3 is 5.73 Å². The molecule has 0 saturated heterocycles. The second-order valence-corrected chi connectivity index (χ2v) is 5.10. The zero-order valence-corrected chi connectivity index (χ0v) is 8.55. The summed E-state index contributed by atoms with van der Waals surface area (Å²) in [7, 11) is 0. The van der Waals surface area contributed by atoms with Gasteiger partial charge in [0, 0.05) is 17.2 Å². The standard InChI is InChI=1S/C11H17NO/c1-10(2)8-4-5-11(10,3)9(13)7(8)6-12/h6,8H,4-5,12H2,1-3H3/b7-6+/t8-,11-/m0/s1. The van der Waals surface area contributed by atoms with Gasteiger partial charge in [0.05, 0.1) is 0 Å². The molecule has 2 nitrogen and oxygen atoms in total. The maximum atomic E-state index is 12.0. The third kappa shape index (κ3) is 0.725. The lowest BCUT2D eigenvalue weighted by atomic mass is 9.70. The molecule has 2 heteroatoms. The predicted molar refractivity (Wildman–Crippen MR) is 51.9 cm³/mol. The first kappa shape index (κ1) is 8.79. The van der Waals surface area contributed by atoms with Gasteiger partial charge in [-0.1, -0.05) is 20.8 Å². The molecule has 2 aliphatic carbocycles. The van der Waals surface area contributed by atoms with Gasteiger partial charge in [0.2, 0.25) is 0 Å². The van der Waals surface area contributed by atoms with E-state index in [1.807, 2.05) is 0 Å². The number of nitrogens with two attached hydrogens (primary N) is 1. The minimum Gasteiger partial charge on any atom is -0.404 e. The fourth-order valence-electron chi connectivity index (χ4n) is 3.12. The van der Waals surface area contributed by atoms with Gasteiger partial charge in [-0.15, -0.1) is 0 Å². The largest absolute Gasteiger partial charge is 0.404 e. The van der Waals surface area contributed by atoms with E-state index in [4.69, 9.17) is 5.73 Å². The molecule has 2 saturated carbocycles. The zero-order chi connectivity index (χ0) is 9.85. The quantitative estimate of drug-likeness (QED) is 0.577. The van der Waals surface area contributed by atoms with Crippen molar-refractivity contribution in [2.45, 2.75) is 33.6 Å². The predicted octanol–water partition coefficient (Wildman–Crippen LogP) is 1.85. The van der Waals surface area contributed by atoms with E-state index in [1.165, 1.54) is 6.20 Å². The summed E-state index contributed by atoms with van der Waals surface area (Å²) in [5.74, 6) is 0.686. The first-order valence-corrected chi connectivity index (χ1v) is 4.92. The van der Waals surface area contributed by atoms with Crippen molar-refractivity contribution >= 4 is 5.78 Å². The Morgan fingerprint density at radius 3 is 2.38 bits per heavy atom. The van der Waals surface area contributed by atoms with Crippen molar-refractivity contribution < 1.29 is 4.79 Å². The molecular formula is C11H17NO. The lowest BCUT2D eigenvalue weighted by molar-refractivity contribution is -0.125. The first-order chi connectivity index (χ1) is 5.95. The van der Waals surface area contributed by atoms with Gasteiger partial charge in [-0.3, -0.25) is 4.79 Å². The SMILES string of the molecule is CC1(C)[C@H]2CC[C@@]1(C)C(=O)/C2=C/N. The number of hydrogen-bond donors (Lipinski definition) is 1. The van der Waals surface area contributed by atoms with E-state index in [9.17, 15) is 4.79 Å². The minimum absolute atomic E-state index is 0.106. The highest BCUT2D eigenvalue weighted by Crippen LogP contribution is 2.65. The van der Waals surface area contributed by atoms with Crippen molar-refractivity contribution in [2.24, 2.45) is 22.5 Å². The number of rotatable bonds is 0. The minimum atomic E-state index is -0.150. The van der Waals surface area contributed by atoms with Gasteiger partial charge in [-0.2, -0.15) is 0 Å². The fraction of sp³-hybridized carbons (Fsp3) is 0.727. The second-order valence-electron chi connectivity index (χ2n) is 5.10. The van der Waals surface area contributed by atoms with Crippen molar-refractivity contribution in [1.82, 2.24) is 0 Å². The number of hydrogen-bond acceptors (Lipinski definition) is 2. The van der Waals surface area contributed by atoms with E-state index in [0.29, 0.717) is 5.92 Å². The summed E-state index contributed by atoms with van der Waals surface area (Å²) in [5.41, 5.74) is 6.34. The molecule has 0 aliphatic heterocycles. The summed E-state index contributed by atoms with van der Waals surface area (Å²) in [4.78, 5) is 12.0. The molecule has 72 valence electrons. The average Bonchev–Trinajstić information content (AvgIpc) is 2.36. The van der Waals surface area contributed by atoms with Crippen LogP contribution in [0.25, 0.3) is 0 Å². The van der Waals surface area contributed by atoms with Crippen LogP contribution in [0.5, 0.6) is 0 Å². The average molecular weight is 179 g/mol. The molecule has 0 aromatic carbocycles.